The van der Waals surface area contributed by atoms with Crippen LogP contribution in [0, 0.1) is 5.92 Å². The first kappa shape index (κ1) is 10.7. The van der Waals surface area contributed by atoms with Crippen LogP contribution in [-0.4, -0.2) is 29.3 Å². The fraction of sp³-hybridized carbons (Fsp3) is 0.833. The first-order valence-corrected chi connectivity index (χ1v) is 3.43. The topological polar surface area (TPSA) is 66.6 Å². The molecule has 66 valence electrons. The minimum Gasteiger partial charge on any atom is -0.369 e. The van der Waals surface area contributed by atoms with Crippen molar-refractivity contribution >= 4 is 18.3 Å². The molecular formula is C6H13ClN2O2. The molecule has 0 unspecified atom stereocenters. The van der Waals surface area contributed by atoms with Gasteiger partial charge in [-0.1, -0.05) is 0 Å². The molecule has 0 aromatic carbocycles. The van der Waals surface area contributed by atoms with E-state index in [1.807, 2.05) is 0 Å². The summed E-state index contributed by atoms with van der Waals surface area (Å²) in [6.45, 7) is 1.13. The van der Waals surface area contributed by atoms with Gasteiger partial charge in [0.05, 0.1) is 0 Å². The third-order valence-electron chi connectivity index (χ3n) is 1.87. The second-order valence-electron chi connectivity index (χ2n) is 2.63. The lowest BCUT2D eigenvalue weighted by Gasteiger charge is -2.24. The molecule has 5 heteroatoms. The molecule has 1 rings (SSSR count). The second-order valence-corrected chi connectivity index (χ2v) is 2.63. The van der Waals surface area contributed by atoms with E-state index in [-0.39, 0.29) is 24.2 Å². The van der Waals surface area contributed by atoms with Gasteiger partial charge in [0, 0.05) is 19.0 Å². The van der Waals surface area contributed by atoms with Crippen LogP contribution in [0.1, 0.15) is 12.8 Å². The number of nitrogens with two attached hydrogens (primary N) is 1. The highest BCUT2D eigenvalue weighted by Crippen LogP contribution is 2.14. The van der Waals surface area contributed by atoms with Crippen LogP contribution in [-0.2, 0) is 4.79 Å². The van der Waals surface area contributed by atoms with E-state index in [2.05, 4.69) is 0 Å². The van der Waals surface area contributed by atoms with Gasteiger partial charge in [-0.15, -0.1) is 12.4 Å². The zero-order valence-corrected chi connectivity index (χ0v) is 7.01. The zero-order valence-electron chi connectivity index (χ0n) is 6.19. The smallest absolute Gasteiger partial charge is 0.220 e. The Bertz CT molecular complexity index is 135. The summed E-state index contributed by atoms with van der Waals surface area (Å²) in [5.41, 5.74) is 5.07. The molecule has 1 aliphatic rings. The summed E-state index contributed by atoms with van der Waals surface area (Å²) in [7, 11) is 0. The molecular weight excluding hydrogens is 168 g/mol. The number of hydrogen-bond donors (Lipinski definition) is 2. The maximum atomic E-state index is 10.6. The number of nitrogens with zero attached hydrogens (tertiary/aromatic N) is 1. The highest BCUT2D eigenvalue weighted by atomic mass is 35.5. The number of halogens is 1. The monoisotopic (exact) mass is 180 g/mol. The molecule has 0 atom stereocenters. The lowest BCUT2D eigenvalue weighted by atomic mass is 9.98. The van der Waals surface area contributed by atoms with E-state index >= 15 is 0 Å². The largest absolute Gasteiger partial charge is 0.369 e. The Hall–Kier alpha value is -0.320. The number of hydrogen-bond acceptors (Lipinski definition) is 3. The Kier molecular flexibility index (Phi) is 4.40. The highest BCUT2D eigenvalue weighted by molar-refractivity contribution is 5.85. The summed E-state index contributed by atoms with van der Waals surface area (Å²) < 4.78 is 0. The Labute approximate surface area is 71.7 Å². The van der Waals surface area contributed by atoms with Gasteiger partial charge in [0.15, 0.2) is 0 Å². The van der Waals surface area contributed by atoms with Crippen molar-refractivity contribution in [3.63, 3.8) is 0 Å². The van der Waals surface area contributed by atoms with Gasteiger partial charge < -0.3 is 10.9 Å². The summed E-state index contributed by atoms with van der Waals surface area (Å²) in [5, 5.41) is 10.1. The number of amides is 1. The molecule has 1 fully saturated rings. The maximum Gasteiger partial charge on any atom is 0.220 e. The van der Waals surface area contributed by atoms with Crippen LogP contribution in [0.2, 0.25) is 0 Å². The summed E-state index contributed by atoms with van der Waals surface area (Å²) in [6, 6.07) is 0. The third-order valence-corrected chi connectivity index (χ3v) is 1.87. The van der Waals surface area contributed by atoms with E-state index in [4.69, 9.17) is 10.9 Å². The predicted octanol–water partition coefficient (Wildman–Crippen LogP) is -0.00530. The van der Waals surface area contributed by atoms with Crippen molar-refractivity contribution in [1.29, 1.82) is 0 Å². The summed E-state index contributed by atoms with van der Waals surface area (Å²) >= 11 is 0. The third kappa shape index (κ3) is 3.05. The molecule has 1 heterocycles. The Morgan fingerprint density at radius 1 is 1.45 bits per heavy atom. The van der Waals surface area contributed by atoms with Crippen LogP contribution in [0.4, 0.5) is 0 Å². The van der Waals surface area contributed by atoms with Crippen LogP contribution in [0.15, 0.2) is 0 Å². The molecule has 0 aliphatic carbocycles. The lowest BCUT2D eigenvalue weighted by molar-refractivity contribution is -0.133. The fourth-order valence-electron chi connectivity index (χ4n) is 1.15. The van der Waals surface area contributed by atoms with E-state index in [9.17, 15) is 4.79 Å². The predicted molar refractivity (Wildman–Crippen MR) is 42.5 cm³/mol. The number of hydroxylamine groups is 2. The molecule has 0 saturated carbocycles. The van der Waals surface area contributed by atoms with Crippen molar-refractivity contribution in [2.24, 2.45) is 11.7 Å². The molecule has 0 aromatic rings. The highest BCUT2D eigenvalue weighted by Gasteiger charge is 2.21. The van der Waals surface area contributed by atoms with Gasteiger partial charge in [0.2, 0.25) is 5.91 Å². The van der Waals surface area contributed by atoms with E-state index in [0.717, 1.165) is 0 Å². The van der Waals surface area contributed by atoms with Gasteiger partial charge in [-0.25, -0.2) is 0 Å². The summed E-state index contributed by atoms with van der Waals surface area (Å²) in [6.07, 6.45) is 1.37. The molecule has 0 aromatic heterocycles. The van der Waals surface area contributed by atoms with Crippen molar-refractivity contribution < 1.29 is 10.0 Å². The number of carbonyl (C=O) groups is 1. The first-order chi connectivity index (χ1) is 4.70. The lowest BCUT2D eigenvalue weighted by Crippen LogP contribution is -2.36. The minimum absolute atomic E-state index is 0. The molecule has 0 spiro atoms. The van der Waals surface area contributed by atoms with Gasteiger partial charge >= 0.3 is 0 Å². The van der Waals surface area contributed by atoms with Crippen LogP contribution in [0.3, 0.4) is 0 Å². The van der Waals surface area contributed by atoms with Crippen molar-refractivity contribution in [3.05, 3.63) is 0 Å². The Morgan fingerprint density at radius 2 is 1.91 bits per heavy atom. The second kappa shape index (κ2) is 4.54. The number of rotatable bonds is 1. The van der Waals surface area contributed by atoms with Gasteiger partial charge in [-0.3, -0.25) is 4.79 Å². The molecule has 0 bridgehead atoms. The molecule has 4 nitrogen and oxygen atoms in total. The normalized spacial score (nSPS) is 20.8. The SMILES string of the molecule is Cl.NC(=O)C1CCN(O)CC1. The van der Waals surface area contributed by atoms with Crippen molar-refractivity contribution in [2.45, 2.75) is 12.8 Å². The Balaban J connectivity index is 0.000001000. The number of carbonyl (C=O) groups excluding carboxylic acids is 1. The van der Waals surface area contributed by atoms with Crippen LogP contribution < -0.4 is 5.73 Å². The van der Waals surface area contributed by atoms with E-state index in [1.165, 1.54) is 5.06 Å². The average molecular weight is 181 g/mol. The van der Waals surface area contributed by atoms with Crippen molar-refractivity contribution in [1.82, 2.24) is 5.06 Å². The standard InChI is InChI=1S/C6H12N2O2.ClH/c7-6(9)5-1-3-8(10)4-2-5;/h5,10H,1-4H2,(H2,7,9);1H. The minimum atomic E-state index is -0.242. The van der Waals surface area contributed by atoms with Gasteiger partial charge in [-0.2, -0.15) is 5.06 Å². The van der Waals surface area contributed by atoms with E-state index in [0.29, 0.717) is 25.9 Å². The number of piperidine rings is 1. The van der Waals surface area contributed by atoms with Crippen molar-refractivity contribution in [2.75, 3.05) is 13.1 Å². The molecule has 1 saturated heterocycles. The van der Waals surface area contributed by atoms with Gasteiger partial charge in [0.1, 0.15) is 0 Å². The average Bonchev–Trinajstić information content (AvgIpc) is 1.88. The van der Waals surface area contributed by atoms with Crippen LogP contribution >= 0.6 is 12.4 Å². The molecule has 11 heavy (non-hydrogen) atoms. The molecule has 1 aliphatic heterocycles. The zero-order chi connectivity index (χ0) is 7.56. The van der Waals surface area contributed by atoms with Crippen molar-refractivity contribution in [3.8, 4) is 0 Å². The van der Waals surface area contributed by atoms with Gasteiger partial charge in [-0.05, 0) is 12.8 Å². The van der Waals surface area contributed by atoms with E-state index in [1.54, 1.807) is 0 Å². The molecule has 3 N–H and O–H groups in total. The fourth-order valence-corrected chi connectivity index (χ4v) is 1.15. The van der Waals surface area contributed by atoms with Gasteiger partial charge in [0.25, 0.3) is 0 Å². The molecule has 0 radical (unpaired) electrons. The Morgan fingerprint density at radius 3 is 2.27 bits per heavy atom. The molecule has 1 amide bonds. The van der Waals surface area contributed by atoms with Crippen LogP contribution in [0.25, 0.3) is 0 Å². The summed E-state index contributed by atoms with van der Waals surface area (Å²) in [4.78, 5) is 10.6. The van der Waals surface area contributed by atoms with Crippen LogP contribution in [0.5, 0.6) is 0 Å². The van der Waals surface area contributed by atoms with E-state index < -0.39 is 0 Å². The quantitative estimate of drug-likeness (QED) is 0.597. The first-order valence-electron chi connectivity index (χ1n) is 3.43. The summed E-state index contributed by atoms with van der Waals surface area (Å²) in [5.74, 6) is -0.267. The number of primary amides is 1. The maximum absolute atomic E-state index is 10.6.